The van der Waals surface area contributed by atoms with E-state index in [1.54, 1.807) is 0 Å². The number of halogens is 1. The average molecular weight is 289 g/mol. The van der Waals surface area contributed by atoms with Gasteiger partial charge in [-0.2, -0.15) is 0 Å². The maximum Gasteiger partial charge on any atom is 0.0581 e. The molecule has 0 saturated carbocycles. The van der Waals surface area contributed by atoms with E-state index in [4.69, 9.17) is 0 Å². The van der Waals surface area contributed by atoms with E-state index in [0.717, 1.165) is 13.1 Å². The zero-order chi connectivity index (χ0) is 13.1. The molecule has 0 atom stereocenters. The summed E-state index contributed by atoms with van der Waals surface area (Å²) in [5, 5.41) is 7.15. The van der Waals surface area contributed by atoms with Gasteiger partial charge in [-0.05, 0) is 18.1 Å². The molecule has 3 heteroatoms. The van der Waals surface area contributed by atoms with Gasteiger partial charge in [0.15, 0.2) is 0 Å². The minimum absolute atomic E-state index is 0. The fourth-order valence-electron chi connectivity index (χ4n) is 2.60. The van der Waals surface area contributed by atoms with Crippen molar-refractivity contribution in [2.75, 3.05) is 13.1 Å². The van der Waals surface area contributed by atoms with E-state index < -0.39 is 0 Å². The van der Waals surface area contributed by atoms with Crippen molar-refractivity contribution in [1.82, 2.24) is 10.6 Å². The Labute approximate surface area is 127 Å². The number of benzene rings is 2. The fourth-order valence-corrected chi connectivity index (χ4v) is 2.60. The molecule has 1 fully saturated rings. The minimum Gasteiger partial charge on any atom is -0.313 e. The smallest absolute Gasteiger partial charge is 0.0581 e. The first-order valence-electron chi connectivity index (χ1n) is 6.85. The van der Waals surface area contributed by atoms with E-state index in [1.165, 1.54) is 11.1 Å². The highest BCUT2D eigenvalue weighted by atomic mass is 35.5. The van der Waals surface area contributed by atoms with Crippen LogP contribution in [0.15, 0.2) is 60.7 Å². The molecule has 2 aromatic rings. The summed E-state index contributed by atoms with van der Waals surface area (Å²) in [6.07, 6.45) is 0. The first-order chi connectivity index (χ1) is 9.27. The third-order valence-corrected chi connectivity index (χ3v) is 3.79. The van der Waals surface area contributed by atoms with Crippen LogP contribution in [0.3, 0.4) is 0 Å². The predicted molar refractivity (Wildman–Crippen MR) is 86.4 cm³/mol. The van der Waals surface area contributed by atoms with Gasteiger partial charge in [0.2, 0.25) is 0 Å². The lowest BCUT2D eigenvalue weighted by Crippen LogP contribution is -2.66. The quantitative estimate of drug-likeness (QED) is 0.903. The average Bonchev–Trinajstić information content (AvgIpc) is 2.45. The first kappa shape index (κ1) is 15.0. The lowest BCUT2D eigenvalue weighted by Gasteiger charge is -2.43. The molecule has 1 saturated heterocycles. The summed E-state index contributed by atoms with van der Waals surface area (Å²) in [6.45, 7) is 4.34. The van der Waals surface area contributed by atoms with E-state index in [0.29, 0.717) is 0 Å². The molecular weight excluding hydrogens is 268 g/mol. The van der Waals surface area contributed by atoms with Crippen LogP contribution in [0.5, 0.6) is 0 Å². The van der Waals surface area contributed by atoms with Gasteiger partial charge in [-0.15, -0.1) is 12.4 Å². The highest BCUT2D eigenvalue weighted by Gasteiger charge is 2.34. The monoisotopic (exact) mass is 288 g/mol. The Hall–Kier alpha value is -1.35. The predicted octanol–water partition coefficient (Wildman–Crippen LogP) is 3.15. The van der Waals surface area contributed by atoms with Crippen LogP contribution in [0.25, 0.3) is 0 Å². The highest BCUT2D eigenvalue weighted by Crippen LogP contribution is 2.25. The van der Waals surface area contributed by atoms with Crippen LogP contribution >= 0.6 is 12.4 Å². The Morgan fingerprint density at radius 2 is 1.35 bits per heavy atom. The summed E-state index contributed by atoms with van der Waals surface area (Å²) in [6, 6.07) is 21.6. The van der Waals surface area contributed by atoms with Crippen molar-refractivity contribution < 1.29 is 0 Å². The summed E-state index contributed by atoms with van der Waals surface area (Å²) in [5.74, 6) is 0. The Bertz CT molecular complexity index is 484. The van der Waals surface area contributed by atoms with Gasteiger partial charge in [0.1, 0.15) is 0 Å². The molecule has 0 radical (unpaired) electrons. The van der Waals surface area contributed by atoms with Crippen LogP contribution in [0, 0.1) is 0 Å². The lowest BCUT2D eigenvalue weighted by atomic mass is 9.90. The summed E-state index contributed by atoms with van der Waals surface area (Å²) >= 11 is 0. The van der Waals surface area contributed by atoms with Gasteiger partial charge in [-0.25, -0.2) is 0 Å². The number of hydrogen-bond acceptors (Lipinski definition) is 2. The van der Waals surface area contributed by atoms with Crippen molar-refractivity contribution in [1.29, 1.82) is 0 Å². The van der Waals surface area contributed by atoms with Gasteiger partial charge in [0, 0.05) is 18.6 Å². The third kappa shape index (κ3) is 3.21. The SMILES string of the molecule is CC1(NC(c2ccccc2)c2ccccc2)CNC1.Cl. The molecule has 3 rings (SSSR count). The number of nitrogens with one attached hydrogen (secondary N) is 2. The van der Waals surface area contributed by atoms with Crippen molar-refractivity contribution in [2.24, 2.45) is 0 Å². The van der Waals surface area contributed by atoms with Crippen LogP contribution in [0.4, 0.5) is 0 Å². The van der Waals surface area contributed by atoms with Gasteiger partial charge in [0.05, 0.1) is 6.04 Å². The Morgan fingerprint density at radius 3 is 1.70 bits per heavy atom. The standard InChI is InChI=1S/C17H20N2.ClH/c1-17(12-18-13-17)19-16(14-8-4-2-5-9-14)15-10-6-3-7-11-15;/h2-11,16,18-19H,12-13H2,1H3;1H. The third-order valence-electron chi connectivity index (χ3n) is 3.79. The van der Waals surface area contributed by atoms with Crippen molar-refractivity contribution in [2.45, 2.75) is 18.5 Å². The molecule has 1 heterocycles. The largest absolute Gasteiger partial charge is 0.313 e. The van der Waals surface area contributed by atoms with E-state index in [2.05, 4.69) is 78.2 Å². The molecule has 2 N–H and O–H groups in total. The molecule has 0 amide bonds. The second kappa shape index (κ2) is 6.40. The maximum absolute atomic E-state index is 3.80. The van der Waals surface area contributed by atoms with Crippen molar-refractivity contribution in [3.05, 3.63) is 71.8 Å². The van der Waals surface area contributed by atoms with Crippen molar-refractivity contribution >= 4 is 12.4 Å². The normalized spacial score (nSPS) is 16.3. The molecule has 2 aromatic carbocycles. The number of hydrogen-bond donors (Lipinski definition) is 2. The molecule has 1 aliphatic heterocycles. The highest BCUT2D eigenvalue weighted by molar-refractivity contribution is 5.85. The van der Waals surface area contributed by atoms with Crippen LogP contribution in [-0.2, 0) is 0 Å². The first-order valence-corrected chi connectivity index (χ1v) is 6.85. The molecule has 0 unspecified atom stereocenters. The van der Waals surface area contributed by atoms with E-state index >= 15 is 0 Å². The molecule has 0 bridgehead atoms. The van der Waals surface area contributed by atoms with Gasteiger partial charge in [0.25, 0.3) is 0 Å². The Kier molecular flexibility index (Phi) is 4.81. The van der Waals surface area contributed by atoms with Crippen LogP contribution in [-0.4, -0.2) is 18.6 Å². The minimum atomic E-state index is 0. The van der Waals surface area contributed by atoms with E-state index in [1.807, 2.05) is 0 Å². The molecule has 20 heavy (non-hydrogen) atoms. The summed E-state index contributed by atoms with van der Waals surface area (Å²) in [5.41, 5.74) is 2.83. The molecule has 0 aromatic heterocycles. The van der Waals surface area contributed by atoms with Crippen LogP contribution in [0.1, 0.15) is 24.1 Å². The summed E-state index contributed by atoms with van der Waals surface area (Å²) in [7, 11) is 0. The van der Waals surface area contributed by atoms with Gasteiger partial charge >= 0.3 is 0 Å². The van der Waals surface area contributed by atoms with Crippen LogP contribution < -0.4 is 10.6 Å². The Balaban J connectivity index is 0.00000147. The topological polar surface area (TPSA) is 24.1 Å². The molecule has 106 valence electrons. The Morgan fingerprint density at radius 1 is 0.900 bits per heavy atom. The van der Waals surface area contributed by atoms with Crippen molar-refractivity contribution in [3.8, 4) is 0 Å². The second-order valence-electron chi connectivity index (χ2n) is 5.56. The van der Waals surface area contributed by atoms with E-state index in [-0.39, 0.29) is 24.0 Å². The fraction of sp³-hybridized carbons (Fsp3) is 0.294. The number of rotatable bonds is 4. The van der Waals surface area contributed by atoms with Gasteiger partial charge < -0.3 is 5.32 Å². The zero-order valence-corrected chi connectivity index (χ0v) is 12.5. The maximum atomic E-state index is 3.80. The van der Waals surface area contributed by atoms with Gasteiger partial charge in [-0.1, -0.05) is 60.7 Å². The molecule has 0 spiro atoms. The van der Waals surface area contributed by atoms with Crippen molar-refractivity contribution in [3.63, 3.8) is 0 Å². The van der Waals surface area contributed by atoms with E-state index in [9.17, 15) is 0 Å². The lowest BCUT2D eigenvalue weighted by molar-refractivity contribution is 0.223. The second-order valence-corrected chi connectivity index (χ2v) is 5.56. The van der Waals surface area contributed by atoms with Crippen LogP contribution in [0.2, 0.25) is 0 Å². The molecule has 2 nitrogen and oxygen atoms in total. The van der Waals surface area contributed by atoms with Gasteiger partial charge in [-0.3, -0.25) is 5.32 Å². The summed E-state index contributed by atoms with van der Waals surface area (Å²) in [4.78, 5) is 0. The zero-order valence-electron chi connectivity index (χ0n) is 11.7. The summed E-state index contributed by atoms with van der Waals surface area (Å²) < 4.78 is 0. The molecule has 0 aliphatic carbocycles. The molecule has 1 aliphatic rings. The molecular formula is C17H21ClN2.